The van der Waals surface area contributed by atoms with Gasteiger partial charge in [-0.25, -0.2) is 0 Å². The van der Waals surface area contributed by atoms with Crippen LogP contribution in [0.25, 0.3) is 0 Å². The number of nitrogens with zero attached hydrogens (tertiary/aromatic N) is 2. The van der Waals surface area contributed by atoms with Gasteiger partial charge >= 0.3 is 6.18 Å². The average Bonchev–Trinajstić information content (AvgIpc) is 2.88. The van der Waals surface area contributed by atoms with Crippen LogP contribution in [0.3, 0.4) is 0 Å². The molecule has 0 bridgehead atoms. The van der Waals surface area contributed by atoms with E-state index < -0.39 is 24.2 Å². The predicted molar refractivity (Wildman–Crippen MR) is 81.9 cm³/mol. The van der Waals surface area contributed by atoms with Crippen LogP contribution in [-0.4, -0.2) is 40.7 Å². The number of aliphatic hydroxyl groups is 1. The van der Waals surface area contributed by atoms with Gasteiger partial charge in [0.15, 0.2) is 0 Å². The molecule has 0 saturated carbocycles. The molecular weight excluding hydrogens is 349 g/mol. The second-order valence-corrected chi connectivity index (χ2v) is 5.82. The third-order valence-electron chi connectivity index (χ3n) is 3.54. The molecule has 1 aliphatic heterocycles. The minimum absolute atomic E-state index is 0.0978. The summed E-state index contributed by atoms with van der Waals surface area (Å²) in [4.78, 5) is 11.9. The number of carbonyl (C=O) groups excluding carboxylic acids is 1. The zero-order valence-corrected chi connectivity index (χ0v) is 13.6. The van der Waals surface area contributed by atoms with Gasteiger partial charge in [-0.3, -0.25) is 4.79 Å². The Labute approximate surface area is 141 Å². The molecule has 1 amide bonds. The van der Waals surface area contributed by atoms with Crippen LogP contribution in [0.15, 0.2) is 23.3 Å². The molecule has 9 heteroatoms. The summed E-state index contributed by atoms with van der Waals surface area (Å²) in [6.07, 6.45) is -4.93. The number of ether oxygens (including phenoxy) is 1. The molecule has 1 heterocycles. The lowest BCUT2D eigenvalue weighted by Gasteiger charge is -2.32. The van der Waals surface area contributed by atoms with Gasteiger partial charge in [0.1, 0.15) is 5.75 Å². The van der Waals surface area contributed by atoms with Crippen molar-refractivity contribution in [3.05, 3.63) is 28.8 Å². The molecule has 1 N–H and O–H groups in total. The van der Waals surface area contributed by atoms with Crippen LogP contribution in [0.2, 0.25) is 5.02 Å². The van der Waals surface area contributed by atoms with Gasteiger partial charge in [0.25, 0.3) is 5.72 Å². The van der Waals surface area contributed by atoms with Crippen LogP contribution < -0.4 is 4.74 Å². The number of hydrogen-bond acceptors (Lipinski definition) is 4. The van der Waals surface area contributed by atoms with Crippen LogP contribution in [0.4, 0.5) is 13.2 Å². The summed E-state index contributed by atoms with van der Waals surface area (Å²) in [5.74, 6) is -0.335. The first kappa shape index (κ1) is 18.5. The number of hydrazone groups is 1. The summed E-state index contributed by atoms with van der Waals surface area (Å²) in [5, 5.41) is 13.7. The predicted octanol–water partition coefficient (Wildman–Crippen LogP) is 3.28. The zero-order valence-electron chi connectivity index (χ0n) is 12.8. The quantitative estimate of drug-likeness (QED) is 0.816. The Morgan fingerprint density at radius 1 is 1.50 bits per heavy atom. The normalized spacial score (nSPS) is 20.5. The fourth-order valence-electron chi connectivity index (χ4n) is 2.22. The maximum atomic E-state index is 12.9. The summed E-state index contributed by atoms with van der Waals surface area (Å²) in [7, 11) is 0. The molecule has 0 radical (unpaired) electrons. The first-order valence-electron chi connectivity index (χ1n) is 7.19. The van der Waals surface area contributed by atoms with Crippen LogP contribution in [0.1, 0.15) is 24.8 Å². The largest absolute Gasteiger partial charge is 0.493 e. The molecule has 0 spiro atoms. The molecule has 1 aromatic carbocycles. The van der Waals surface area contributed by atoms with E-state index in [1.165, 1.54) is 0 Å². The highest BCUT2D eigenvalue weighted by molar-refractivity contribution is 6.30. The Hall–Kier alpha value is -1.80. The Balaban J connectivity index is 1.86. The van der Waals surface area contributed by atoms with Crippen molar-refractivity contribution in [2.45, 2.75) is 38.1 Å². The molecule has 0 aromatic heterocycles. The summed E-state index contributed by atoms with van der Waals surface area (Å²) in [6, 6.07) is 5.04. The molecule has 5 nitrogen and oxygen atoms in total. The van der Waals surface area contributed by atoms with E-state index in [0.717, 1.165) is 11.8 Å². The minimum Gasteiger partial charge on any atom is -0.493 e. The highest BCUT2D eigenvalue weighted by Gasteiger charge is 2.61. The second kappa shape index (κ2) is 6.98. The lowest BCUT2D eigenvalue weighted by molar-refractivity contribution is -0.302. The lowest BCUT2D eigenvalue weighted by atomic mass is 10.1. The van der Waals surface area contributed by atoms with Gasteiger partial charge in [-0.2, -0.15) is 23.3 Å². The van der Waals surface area contributed by atoms with Crippen molar-refractivity contribution < 1.29 is 27.8 Å². The number of carbonyl (C=O) groups is 1. The van der Waals surface area contributed by atoms with E-state index >= 15 is 0 Å². The van der Waals surface area contributed by atoms with Gasteiger partial charge in [-0.05, 0) is 37.1 Å². The van der Waals surface area contributed by atoms with Gasteiger partial charge in [0.05, 0.1) is 6.61 Å². The van der Waals surface area contributed by atoms with Crippen molar-refractivity contribution in [3.8, 4) is 5.75 Å². The van der Waals surface area contributed by atoms with Crippen LogP contribution in [0.5, 0.6) is 5.75 Å². The minimum atomic E-state index is -4.98. The van der Waals surface area contributed by atoms with E-state index in [0.29, 0.717) is 10.8 Å². The monoisotopic (exact) mass is 364 g/mol. The van der Waals surface area contributed by atoms with Crippen molar-refractivity contribution in [1.29, 1.82) is 0 Å². The highest BCUT2D eigenvalue weighted by atomic mass is 35.5. The molecule has 1 aliphatic rings. The van der Waals surface area contributed by atoms with Gasteiger partial charge in [0, 0.05) is 24.1 Å². The van der Waals surface area contributed by atoms with Crippen molar-refractivity contribution >= 4 is 23.7 Å². The molecule has 0 unspecified atom stereocenters. The molecule has 0 fully saturated rings. The number of alkyl halides is 3. The number of halogens is 4. The Bertz CT molecular complexity index is 651. The molecule has 0 aliphatic carbocycles. The van der Waals surface area contributed by atoms with Gasteiger partial charge in [-0.1, -0.05) is 11.6 Å². The summed E-state index contributed by atoms with van der Waals surface area (Å²) in [6.45, 7) is 1.94. The van der Waals surface area contributed by atoms with E-state index in [4.69, 9.17) is 16.3 Å². The van der Waals surface area contributed by atoms with E-state index in [-0.39, 0.29) is 24.5 Å². The molecule has 1 atom stereocenters. The van der Waals surface area contributed by atoms with Crippen LogP contribution >= 0.6 is 11.6 Å². The van der Waals surface area contributed by atoms with Crippen molar-refractivity contribution in [1.82, 2.24) is 5.01 Å². The second-order valence-electron chi connectivity index (χ2n) is 5.38. The summed E-state index contributed by atoms with van der Waals surface area (Å²) < 4.78 is 44.1. The highest BCUT2D eigenvalue weighted by Crippen LogP contribution is 2.38. The molecule has 0 saturated heterocycles. The van der Waals surface area contributed by atoms with Gasteiger partial charge in [0.2, 0.25) is 5.91 Å². The third-order valence-corrected chi connectivity index (χ3v) is 3.78. The SMILES string of the molecule is Cc1cc(Cl)ccc1OCCCC(=O)N1N=CC[C@]1(O)C(F)(F)F. The Morgan fingerprint density at radius 3 is 2.83 bits per heavy atom. The number of rotatable bonds is 5. The van der Waals surface area contributed by atoms with E-state index in [9.17, 15) is 23.1 Å². The van der Waals surface area contributed by atoms with Crippen molar-refractivity contribution in [3.63, 3.8) is 0 Å². The Morgan fingerprint density at radius 2 is 2.21 bits per heavy atom. The van der Waals surface area contributed by atoms with Gasteiger partial charge in [-0.15, -0.1) is 0 Å². The summed E-state index contributed by atoms with van der Waals surface area (Å²) in [5.41, 5.74) is -2.46. The lowest BCUT2D eigenvalue weighted by Crippen LogP contribution is -2.56. The van der Waals surface area contributed by atoms with Crippen LogP contribution in [0, 0.1) is 6.92 Å². The number of aryl methyl sites for hydroxylation is 1. The maximum absolute atomic E-state index is 12.9. The first-order valence-corrected chi connectivity index (χ1v) is 7.56. The van der Waals surface area contributed by atoms with Crippen molar-refractivity contribution in [2.75, 3.05) is 6.61 Å². The molecule has 132 valence electrons. The van der Waals surface area contributed by atoms with Crippen molar-refractivity contribution in [2.24, 2.45) is 5.10 Å². The standard InChI is InChI=1S/C15H16ClF3N2O3/c1-10-9-11(16)4-5-12(10)24-8-2-3-13(22)21-14(23,6-7-20-21)15(17,18)19/h4-5,7,9,23H,2-3,6,8H2,1H3/t14-/m0/s1. The third kappa shape index (κ3) is 3.81. The van der Waals surface area contributed by atoms with E-state index in [1.54, 1.807) is 25.1 Å². The fourth-order valence-corrected chi connectivity index (χ4v) is 2.45. The summed E-state index contributed by atoms with van der Waals surface area (Å²) >= 11 is 5.82. The smallest absolute Gasteiger partial charge is 0.438 e. The number of hydrogen-bond donors (Lipinski definition) is 1. The molecule has 24 heavy (non-hydrogen) atoms. The van der Waals surface area contributed by atoms with Crippen LogP contribution in [-0.2, 0) is 4.79 Å². The number of amides is 1. The maximum Gasteiger partial charge on any atom is 0.438 e. The average molecular weight is 365 g/mol. The molecular formula is C15H16ClF3N2O3. The molecule has 2 rings (SSSR count). The topological polar surface area (TPSA) is 62.1 Å². The van der Waals surface area contributed by atoms with E-state index in [2.05, 4.69) is 5.10 Å². The Kier molecular flexibility index (Phi) is 5.39. The first-order chi connectivity index (χ1) is 11.1. The van der Waals surface area contributed by atoms with E-state index in [1.807, 2.05) is 0 Å². The van der Waals surface area contributed by atoms with Gasteiger partial charge < -0.3 is 9.84 Å². The fraction of sp³-hybridized carbons (Fsp3) is 0.467. The zero-order chi connectivity index (χ0) is 18.0. The number of benzene rings is 1. The molecule has 1 aromatic rings.